The maximum atomic E-state index is 11.3. The van der Waals surface area contributed by atoms with Gasteiger partial charge in [0.1, 0.15) is 0 Å². The highest BCUT2D eigenvalue weighted by atomic mass is 35.5. The van der Waals surface area contributed by atoms with Crippen molar-refractivity contribution in [2.24, 2.45) is 11.5 Å². The van der Waals surface area contributed by atoms with Crippen LogP contribution in [0.4, 0.5) is 11.6 Å². The van der Waals surface area contributed by atoms with E-state index in [9.17, 15) is 4.79 Å². The van der Waals surface area contributed by atoms with Gasteiger partial charge in [0.05, 0.1) is 23.3 Å². The van der Waals surface area contributed by atoms with E-state index >= 15 is 0 Å². The van der Waals surface area contributed by atoms with E-state index in [2.05, 4.69) is 15.3 Å². The first kappa shape index (κ1) is 20.8. The maximum absolute atomic E-state index is 11.3. The van der Waals surface area contributed by atoms with E-state index in [0.717, 1.165) is 28.1 Å². The van der Waals surface area contributed by atoms with Gasteiger partial charge >= 0.3 is 0 Å². The van der Waals surface area contributed by atoms with Gasteiger partial charge in [-0.25, -0.2) is 9.97 Å². The molecule has 3 aromatic rings. The standard InChI is InChI=1S/C22H24ClN5O/c1-14(24)15-6-9-18(10-7-15)27-22-26-13-19(23)20(28-22)11-8-16-4-2-3-5-17(16)12-21(25)29/h2-7,9-10,13-14H,8,11-12,24H2,1H3,(H2,25,29)(H,26,27,28). The van der Waals surface area contributed by atoms with Crippen LogP contribution in [0, 0.1) is 0 Å². The largest absolute Gasteiger partial charge is 0.369 e. The molecule has 0 fully saturated rings. The molecule has 2 aromatic carbocycles. The number of halogens is 1. The van der Waals surface area contributed by atoms with E-state index in [-0.39, 0.29) is 18.4 Å². The summed E-state index contributed by atoms with van der Waals surface area (Å²) in [6.07, 6.45) is 3.13. The first-order valence-corrected chi connectivity index (χ1v) is 9.79. The number of aromatic nitrogens is 2. The van der Waals surface area contributed by atoms with E-state index in [1.54, 1.807) is 6.20 Å². The van der Waals surface area contributed by atoms with Gasteiger partial charge < -0.3 is 16.8 Å². The van der Waals surface area contributed by atoms with E-state index < -0.39 is 0 Å². The molecule has 0 saturated carbocycles. The van der Waals surface area contributed by atoms with Gasteiger partial charge in [0, 0.05) is 11.7 Å². The molecular weight excluding hydrogens is 386 g/mol. The van der Waals surface area contributed by atoms with Gasteiger partial charge in [0.2, 0.25) is 11.9 Å². The third-order valence-electron chi connectivity index (χ3n) is 4.62. The zero-order valence-corrected chi connectivity index (χ0v) is 17.0. The maximum Gasteiger partial charge on any atom is 0.227 e. The minimum Gasteiger partial charge on any atom is -0.369 e. The van der Waals surface area contributed by atoms with E-state index in [1.807, 2.05) is 55.5 Å². The van der Waals surface area contributed by atoms with Crippen LogP contribution in [0.25, 0.3) is 0 Å². The first-order valence-electron chi connectivity index (χ1n) is 9.41. The van der Waals surface area contributed by atoms with E-state index in [0.29, 0.717) is 23.8 Å². The molecule has 0 saturated heterocycles. The summed E-state index contributed by atoms with van der Waals surface area (Å²) < 4.78 is 0. The number of anilines is 2. The molecule has 3 rings (SSSR count). The average molecular weight is 410 g/mol. The molecule has 1 amide bonds. The number of amides is 1. The smallest absolute Gasteiger partial charge is 0.227 e. The minimum absolute atomic E-state index is 0.0140. The number of hydrogen-bond donors (Lipinski definition) is 3. The van der Waals surface area contributed by atoms with Crippen molar-refractivity contribution in [3.63, 3.8) is 0 Å². The Morgan fingerprint density at radius 3 is 2.45 bits per heavy atom. The summed E-state index contributed by atoms with van der Waals surface area (Å²) in [6, 6.07) is 15.6. The second kappa shape index (κ2) is 9.49. The summed E-state index contributed by atoms with van der Waals surface area (Å²) in [6.45, 7) is 1.94. The lowest BCUT2D eigenvalue weighted by Crippen LogP contribution is -2.15. The van der Waals surface area contributed by atoms with Crippen LogP contribution in [-0.2, 0) is 24.1 Å². The average Bonchev–Trinajstić information content (AvgIpc) is 2.69. The number of nitrogens with two attached hydrogens (primary N) is 2. The lowest BCUT2D eigenvalue weighted by atomic mass is 9.99. The van der Waals surface area contributed by atoms with Crippen molar-refractivity contribution in [1.82, 2.24) is 9.97 Å². The predicted molar refractivity (Wildman–Crippen MR) is 116 cm³/mol. The van der Waals surface area contributed by atoms with E-state index in [1.165, 1.54) is 0 Å². The Labute approximate surface area is 175 Å². The summed E-state index contributed by atoms with van der Waals surface area (Å²) in [5, 5.41) is 3.70. The lowest BCUT2D eigenvalue weighted by Gasteiger charge is -2.11. The minimum atomic E-state index is -0.348. The van der Waals surface area contributed by atoms with Crippen LogP contribution in [0.2, 0.25) is 5.02 Å². The molecule has 0 spiro atoms. The van der Waals surface area contributed by atoms with Gasteiger partial charge in [0.15, 0.2) is 0 Å². The second-order valence-corrected chi connectivity index (χ2v) is 7.34. The Morgan fingerprint density at radius 2 is 1.79 bits per heavy atom. The van der Waals surface area contributed by atoms with Gasteiger partial charge in [-0.1, -0.05) is 48.0 Å². The zero-order chi connectivity index (χ0) is 20.8. The normalized spacial score (nSPS) is 11.8. The van der Waals surface area contributed by atoms with Gasteiger partial charge in [-0.15, -0.1) is 0 Å². The number of rotatable bonds is 8. The molecule has 0 aliphatic heterocycles. The molecule has 0 aliphatic carbocycles. The number of nitrogens with one attached hydrogen (secondary N) is 1. The Balaban J connectivity index is 1.72. The number of nitrogens with zero attached hydrogens (tertiary/aromatic N) is 2. The van der Waals surface area contributed by atoms with Gasteiger partial charge in [-0.3, -0.25) is 4.79 Å². The third-order valence-corrected chi connectivity index (χ3v) is 4.94. The van der Waals surface area contributed by atoms with Crippen molar-refractivity contribution in [3.8, 4) is 0 Å². The van der Waals surface area contributed by atoms with Crippen molar-refractivity contribution in [1.29, 1.82) is 0 Å². The fourth-order valence-corrected chi connectivity index (χ4v) is 3.24. The van der Waals surface area contributed by atoms with Crippen molar-refractivity contribution >= 4 is 29.1 Å². The monoisotopic (exact) mass is 409 g/mol. The number of primary amides is 1. The topological polar surface area (TPSA) is 107 Å². The molecule has 0 aliphatic rings. The van der Waals surface area contributed by atoms with Crippen LogP contribution in [0.1, 0.15) is 35.3 Å². The molecule has 6 nitrogen and oxygen atoms in total. The van der Waals surface area contributed by atoms with E-state index in [4.69, 9.17) is 23.1 Å². The van der Waals surface area contributed by atoms with Gasteiger partial charge in [-0.05, 0) is 48.6 Å². The molecule has 150 valence electrons. The van der Waals surface area contributed by atoms with Crippen LogP contribution >= 0.6 is 11.6 Å². The summed E-state index contributed by atoms with van der Waals surface area (Å²) in [4.78, 5) is 20.1. The summed E-state index contributed by atoms with van der Waals surface area (Å²) in [5.41, 5.74) is 15.9. The Morgan fingerprint density at radius 1 is 1.10 bits per heavy atom. The zero-order valence-electron chi connectivity index (χ0n) is 16.2. The van der Waals surface area contributed by atoms with Crippen LogP contribution in [-0.4, -0.2) is 15.9 Å². The third kappa shape index (κ3) is 5.76. The van der Waals surface area contributed by atoms with Crippen LogP contribution in [0.5, 0.6) is 0 Å². The Bertz CT molecular complexity index is 989. The number of hydrogen-bond acceptors (Lipinski definition) is 5. The fourth-order valence-electron chi connectivity index (χ4n) is 3.05. The number of benzene rings is 2. The van der Waals surface area contributed by atoms with Gasteiger partial charge in [0.25, 0.3) is 0 Å². The fraction of sp³-hybridized carbons (Fsp3) is 0.227. The molecule has 1 heterocycles. The van der Waals surface area contributed by atoms with Crippen LogP contribution < -0.4 is 16.8 Å². The highest BCUT2D eigenvalue weighted by Crippen LogP contribution is 2.21. The molecular formula is C22H24ClN5O. The SMILES string of the molecule is CC(N)c1ccc(Nc2ncc(Cl)c(CCc3ccccc3CC(N)=O)n2)cc1. The van der Waals surface area contributed by atoms with Crippen LogP contribution in [0.3, 0.4) is 0 Å². The Hall–Kier alpha value is -2.96. The Kier molecular flexibility index (Phi) is 6.80. The quantitative estimate of drug-likeness (QED) is 0.525. The molecule has 1 aromatic heterocycles. The number of carbonyl (C=O) groups is 1. The molecule has 0 radical (unpaired) electrons. The first-order chi connectivity index (χ1) is 13.9. The summed E-state index contributed by atoms with van der Waals surface area (Å²) in [5.74, 6) is 0.127. The molecule has 29 heavy (non-hydrogen) atoms. The van der Waals surface area contributed by atoms with Gasteiger partial charge in [-0.2, -0.15) is 0 Å². The highest BCUT2D eigenvalue weighted by molar-refractivity contribution is 6.31. The molecule has 0 bridgehead atoms. The highest BCUT2D eigenvalue weighted by Gasteiger charge is 2.10. The van der Waals surface area contributed by atoms with Crippen molar-refractivity contribution in [3.05, 3.63) is 82.1 Å². The molecule has 1 unspecified atom stereocenters. The second-order valence-electron chi connectivity index (χ2n) is 6.94. The molecule has 1 atom stereocenters. The van der Waals surface area contributed by atoms with Crippen molar-refractivity contribution in [2.75, 3.05) is 5.32 Å². The predicted octanol–water partition coefficient (Wildman–Crippen LogP) is 3.71. The molecule has 7 heteroatoms. The number of carbonyl (C=O) groups excluding carboxylic acids is 1. The van der Waals surface area contributed by atoms with Crippen molar-refractivity contribution < 1.29 is 4.79 Å². The van der Waals surface area contributed by atoms with Crippen molar-refractivity contribution in [2.45, 2.75) is 32.2 Å². The molecule has 5 N–H and O–H groups in total. The number of aryl methyl sites for hydroxylation is 2. The lowest BCUT2D eigenvalue weighted by molar-refractivity contribution is -0.117. The summed E-state index contributed by atoms with van der Waals surface area (Å²) >= 11 is 6.30. The van der Waals surface area contributed by atoms with Crippen LogP contribution in [0.15, 0.2) is 54.7 Å². The summed E-state index contributed by atoms with van der Waals surface area (Å²) in [7, 11) is 0.